The first-order valence-electron chi connectivity index (χ1n) is 6.63. The Kier molecular flexibility index (Phi) is 3.24. The van der Waals surface area contributed by atoms with Gasteiger partial charge in [0.25, 0.3) is 0 Å². The maximum absolute atomic E-state index is 5.85. The van der Waals surface area contributed by atoms with Gasteiger partial charge in [0.05, 0.1) is 7.11 Å². The molecular formula is C15H19NO2. The largest absolute Gasteiger partial charge is 0.493 e. The second-order valence-corrected chi connectivity index (χ2v) is 4.99. The fraction of sp³-hybridized carbons (Fsp3) is 0.467. The van der Waals surface area contributed by atoms with E-state index in [4.69, 9.17) is 9.15 Å². The number of methoxy groups -OCH3 is 1. The molecule has 1 N–H and O–H groups in total. The van der Waals surface area contributed by atoms with Crippen molar-refractivity contribution in [2.75, 3.05) is 20.2 Å². The predicted molar refractivity (Wildman–Crippen MR) is 72.1 cm³/mol. The molecule has 0 aliphatic heterocycles. The molecule has 0 spiro atoms. The molecule has 3 heteroatoms. The molecule has 2 aromatic rings. The van der Waals surface area contributed by atoms with E-state index in [1.807, 2.05) is 12.1 Å². The van der Waals surface area contributed by atoms with E-state index in [-0.39, 0.29) is 0 Å². The Hall–Kier alpha value is -1.48. The van der Waals surface area contributed by atoms with Crippen LogP contribution in [0.25, 0.3) is 11.0 Å². The molecule has 0 atom stereocenters. The second-order valence-electron chi connectivity index (χ2n) is 4.99. The lowest BCUT2D eigenvalue weighted by atomic mass is 10.2. The zero-order valence-corrected chi connectivity index (χ0v) is 10.7. The summed E-state index contributed by atoms with van der Waals surface area (Å²) in [5.41, 5.74) is 0.859. The Labute approximate surface area is 107 Å². The quantitative estimate of drug-likeness (QED) is 0.794. The Morgan fingerprint density at radius 2 is 2.28 bits per heavy atom. The van der Waals surface area contributed by atoms with Crippen molar-refractivity contribution in [3.63, 3.8) is 0 Å². The minimum absolute atomic E-state index is 0.810. The van der Waals surface area contributed by atoms with Crippen molar-refractivity contribution in [2.24, 2.45) is 5.92 Å². The Balaban J connectivity index is 1.64. The van der Waals surface area contributed by atoms with E-state index in [1.165, 1.54) is 12.8 Å². The van der Waals surface area contributed by atoms with Crippen LogP contribution in [0.1, 0.15) is 18.6 Å². The molecule has 1 saturated carbocycles. The van der Waals surface area contributed by atoms with E-state index in [9.17, 15) is 0 Å². The maximum Gasteiger partial charge on any atom is 0.176 e. The highest BCUT2D eigenvalue weighted by molar-refractivity contribution is 5.83. The van der Waals surface area contributed by atoms with Crippen LogP contribution in [0, 0.1) is 5.92 Å². The summed E-state index contributed by atoms with van der Waals surface area (Å²) in [5, 5.41) is 4.59. The van der Waals surface area contributed by atoms with Crippen molar-refractivity contribution in [1.82, 2.24) is 5.32 Å². The van der Waals surface area contributed by atoms with Gasteiger partial charge in [-0.3, -0.25) is 0 Å². The molecule has 0 unspecified atom stereocenters. The molecule has 1 fully saturated rings. The number of hydrogen-bond acceptors (Lipinski definition) is 3. The van der Waals surface area contributed by atoms with Gasteiger partial charge in [-0.15, -0.1) is 0 Å². The Morgan fingerprint density at radius 3 is 3.06 bits per heavy atom. The third kappa shape index (κ3) is 2.51. The third-order valence-electron chi connectivity index (χ3n) is 3.46. The molecule has 1 aromatic heterocycles. The Bertz CT molecular complexity index is 528. The molecule has 3 nitrogen and oxygen atoms in total. The molecule has 1 heterocycles. The lowest BCUT2D eigenvalue weighted by Gasteiger charge is -2.01. The van der Waals surface area contributed by atoms with Crippen LogP contribution < -0.4 is 10.1 Å². The second kappa shape index (κ2) is 5.02. The van der Waals surface area contributed by atoms with Crippen molar-refractivity contribution in [3.8, 4) is 5.75 Å². The number of benzene rings is 1. The van der Waals surface area contributed by atoms with Gasteiger partial charge in [-0.05, 0) is 37.4 Å². The van der Waals surface area contributed by atoms with Gasteiger partial charge < -0.3 is 14.5 Å². The van der Waals surface area contributed by atoms with Crippen LogP contribution in [0.5, 0.6) is 5.75 Å². The molecule has 1 aliphatic carbocycles. The zero-order chi connectivity index (χ0) is 12.4. The summed E-state index contributed by atoms with van der Waals surface area (Å²) in [7, 11) is 1.67. The lowest BCUT2D eigenvalue weighted by molar-refractivity contribution is 0.407. The molecule has 1 aliphatic rings. The van der Waals surface area contributed by atoms with Crippen LogP contribution in [-0.4, -0.2) is 20.2 Å². The van der Waals surface area contributed by atoms with Gasteiger partial charge in [0.1, 0.15) is 5.76 Å². The number of furan rings is 1. The monoisotopic (exact) mass is 245 g/mol. The van der Waals surface area contributed by atoms with Crippen LogP contribution in [-0.2, 0) is 6.42 Å². The first kappa shape index (κ1) is 11.6. The van der Waals surface area contributed by atoms with Crippen molar-refractivity contribution in [2.45, 2.75) is 19.3 Å². The van der Waals surface area contributed by atoms with Crippen molar-refractivity contribution in [3.05, 3.63) is 30.0 Å². The molecular weight excluding hydrogens is 226 g/mol. The summed E-state index contributed by atoms with van der Waals surface area (Å²) in [6.07, 6.45) is 3.73. The van der Waals surface area contributed by atoms with E-state index < -0.39 is 0 Å². The van der Waals surface area contributed by atoms with Crippen LogP contribution in [0.2, 0.25) is 0 Å². The average Bonchev–Trinajstić information content (AvgIpc) is 3.12. The van der Waals surface area contributed by atoms with E-state index in [1.54, 1.807) is 7.11 Å². The molecule has 18 heavy (non-hydrogen) atoms. The number of rotatable bonds is 6. The maximum atomic E-state index is 5.85. The van der Waals surface area contributed by atoms with E-state index in [2.05, 4.69) is 17.4 Å². The molecule has 3 rings (SSSR count). The van der Waals surface area contributed by atoms with Gasteiger partial charge in [0.15, 0.2) is 11.3 Å². The molecule has 0 radical (unpaired) electrons. The zero-order valence-electron chi connectivity index (χ0n) is 10.7. The van der Waals surface area contributed by atoms with E-state index in [0.717, 1.165) is 47.9 Å². The summed E-state index contributed by atoms with van der Waals surface area (Å²) >= 11 is 0. The smallest absolute Gasteiger partial charge is 0.176 e. The molecule has 0 saturated heterocycles. The van der Waals surface area contributed by atoms with Gasteiger partial charge in [0.2, 0.25) is 0 Å². The SMILES string of the molecule is COc1cccc2cc(CCNCC3CC3)oc12. The number of ether oxygens (including phenoxy) is 1. The predicted octanol–water partition coefficient (Wildman–Crippen LogP) is 2.98. The summed E-state index contributed by atoms with van der Waals surface area (Å²) in [4.78, 5) is 0. The summed E-state index contributed by atoms with van der Waals surface area (Å²) < 4.78 is 11.1. The summed E-state index contributed by atoms with van der Waals surface area (Å²) in [5.74, 6) is 2.77. The fourth-order valence-electron chi connectivity index (χ4n) is 2.21. The van der Waals surface area contributed by atoms with Crippen LogP contribution >= 0.6 is 0 Å². The normalized spacial score (nSPS) is 15.2. The van der Waals surface area contributed by atoms with Crippen LogP contribution in [0.3, 0.4) is 0 Å². The highest BCUT2D eigenvalue weighted by Gasteiger charge is 2.20. The minimum atomic E-state index is 0.810. The lowest BCUT2D eigenvalue weighted by Crippen LogP contribution is -2.19. The standard InChI is InChI=1S/C15H19NO2/c1-17-14-4-2-3-12-9-13(18-15(12)14)7-8-16-10-11-5-6-11/h2-4,9,11,16H,5-8,10H2,1H3. The highest BCUT2D eigenvalue weighted by atomic mass is 16.5. The molecule has 0 bridgehead atoms. The molecule has 96 valence electrons. The molecule has 0 amide bonds. The van der Waals surface area contributed by atoms with Gasteiger partial charge in [-0.1, -0.05) is 12.1 Å². The van der Waals surface area contributed by atoms with Gasteiger partial charge >= 0.3 is 0 Å². The highest BCUT2D eigenvalue weighted by Crippen LogP contribution is 2.29. The van der Waals surface area contributed by atoms with Crippen molar-refractivity contribution < 1.29 is 9.15 Å². The number of nitrogens with one attached hydrogen (secondary N) is 1. The van der Waals surface area contributed by atoms with Crippen molar-refractivity contribution in [1.29, 1.82) is 0 Å². The number of para-hydroxylation sites is 1. The first-order chi connectivity index (χ1) is 8.86. The fourth-order valence-corrected chi connectivity index (χ4v) is 2.21. The Morgan fingerprint density at radius 1 is 1.39 bits per heavy atom. The van der Waals surface area contributed by atoms with E-state index >= 15 is 0 Å². The third-order valence-corrected chi connectivity index (χ3v) is 3.46. The first-order valence-corrected chi connectivity index (χ1v) is 6.63. The summed E-state index contributed by atoms with van der Waals surface area (Å²) in [6.45, 7) is 2.14. The summed E-state index contributed by atoms with van der Waals surface area (Å²) in [6, 6.07) is 8.09. The molecule has 1 aromatic carbocycles. The average molecular weight is 245 g/mol. The van der Waals surface area contributed by atoms with Gasteiger partial charge in [-0.2, -0.15) is 0 Å². The topological polar surface area (TPSA) is 34.4 Å². The van der Waals surface area contributed by atoms with Crippen LogP contribution in [0.4, 0.5) is 0 Å². The number of fused-ring (bicyclic) bond motifs is 1. The van der Waals surface area contributed by atoms with Gasteiger partial charge in [0, 0.05) is 18.4 Å². The van der Waals surface area contributed by atoms with Crippen LogP contribution in [0.15, 0.2) is 28.7 Å². The van der Waals surface area contributed by atoms with Crippen molar-refractivity contribution >= 4 is 11.0 Å². The minimum Gasteiger partial charge on any atom is -0.493 e. The van der Waals surface area contributed by atoms with E-state index in [0.29, 0.717) is 0 Å². The number of hydrogen-bond donors (Lipinski definition) is 1. The van der Waals surface area contributed by atoms with Gasteiger partial charge in [-0.25, -0.2) is 0 Å².